The highest BCUT2D eigenvalue weighted by molar-refractivity contribution is 5.82. The number of aromatic nitrogens is 2. The van der Waals surface area contributed by atoms with Gasteiger partial charge >= 0.3 is 0 Å². The van der Waals surface area contributed by atoms with Gasteiger partial charge in [-0.05, 0) is 74.3 Å². The highest BCUT2D eigenvalue weighted by Crippen LogP contribution is 2.46. The van der Waals surface area contributed by atoms with E-state index in [1.165, 1.54) is 12.8 Å². The van der Waals surface area contributed by atoms with Gasteiger partial charge in [0.2, 0.25) is 5.91 Å². The number of hydrogen-bond donors (Lipinski definition) is 0. The van der Waals surface area contributed by atoms with E-state index in [9.17, 15) is 10.1 Å². The van der Waals surface area contributed by atoms with Crippen LogP contribution in [-0.2, 0) is 4.79 Å². The zero-order valence-electron chi connectivity index (χ0n) is 18.9. The Labute approximate surface area is 194 Å². The third-order valence-corrected chi connectivity index (χ3v) is 7.51. The van der Waals surface area contributed by atoms with Crippen LogP contribution in [0.5, 0.6) is 0 Å². The molecule has 6 nitrogen and oxygen atoms in total. The van der Waals surface area contributed by atoms with E-state index < -0.39 is 0 Å². The fraction of sp³-hybridized carbons (Fsp3) is 0.481. The van der Waals surface area contributed by atoms with Crippen LogP contribution in [0.3, 0.4) is 0 Å². The van der Waals surface area contributed by atoms with Crippen LogP contribution in [-0.4, -0.2) is 46.5 Å². The second kappa shape index (κ2) is 7.98. The first-order valence-corrected chi connectivity index (χ1v) is 12.3. The second-order valence-corrected chi connectivity index (χ2v) is 10.0. The Kier molecular flexibility index (Phi) is 4.94. The van der Waals surface area contributed by atoms with Crippen molar-refractivity contribution in [1.29, 1.82) is 5.26 Å². The fourth-order valence-corrected chi connectivity index (χ4v) is 5.19. The number of piperazine rings is 1. The SMILES string of the molecule is C=Cc1cc(-c2cc(C#N)c(N3CCN(C(=O)C4CC4)C(C4CC4)C3)nc2C2CC2)ccn1. The minimum absolute atomic E-state index is 0.250. The number of nitrogens with zero attached hydrogens (tertiary/aromatic N) is 5. The average Bonchev–Trinajstić information content (AvgIpc) is 3.72. The van der Waals surface area contributed by atoms with Crippen LogP contribution in [0.25, 0.3) is 17.2 Å². The molecule has 1 atom stereocenters. The van der Waals surface area contributed by atoms with Crippen molar-refractivity contribution in [2.45, 2.75) is 50.5 Å². The molecule has 1 aliphatic heterocycles. The van der Waals surface area contributed by atoms with E-state index in [4.69, 9.17) is 4.98 Å². The molecule has 1 saturated heterocycles. The summed E-state index contributed by atoms with van der Waals surface area (Å²) in [6.45, 7) is 6.09. The van der Waals surface area contributed by atoms with Crippen LogP contribution in [0, 0.1) is 23.2 Å². The van der Waals surface area contributed by atoms with Crippen LogP contribution in [0.4, 0.5) is 5.82 Å². The van der Waals surface area contributed by atoms with Crippen molar-refractivity contribution in [2.24, 2.45) is 11.8 Å². The maximum atomic E-state index is 12.9. The Morgan fingerprint density at radius 1 is 1.15 bits per heavy atom. The van der Waals surface area contributed by atoms with Gasteiger partial charge < -0.3 is 9.80 Å². The molecule has 0 radical (unpaired) electrons. The summed E-state index contributed by atoms with van der Waals surface area (Å²) in [4.78, 5) is 26.8. The smallest absolute Gasteiger partial charge is 0.226 e. The zero-order chi connectivity index (χ0) is 22.5. The van der Waals surface area contributed by atoms with Crippen LogP contribution in [0.2, 0.25) is 0 Å². The lowest BCUT2D eigenvalue weighted by atomic mass is 9.98. The summed E-state index contributed by atoms with van der Waals surface area (Å²) in [5.74, 6) is 2.45. The van der Waals surface area contributed by atoms with Gasteiger partial charge in [0, 0.05) is 43.2 Å². The number of pyridine rings is 2. The van der Waals surface area contributed by atoms with Gasteiger partial charge in [-0.1, -0.05) is 6.58 Å². The Bertz CT molecular complexity index is 1160. The molecule has 2 aromatic rings. The number of nitriles is 1. The van der Waals surface area contributed by atoms with Gasteiger partial charge in [0.05, 0.1) is 23.0 Å². The Morgan fingerprint density at radius 2 is 1.97 bits per heavy atom. The molecule has 6 rings (SSSR count). The van der Waals surface area contributed by atoms with Crippen molar-refractivity contribution < 1.29 is 4.79 Å². The largest absolute Gasteiger partial charge is 0.352 e. The van der Waals surface area contributed by atoms with Crippen molar-refractivity contribution in [3.63, 3.8) is 0 Å². The Morgan fingerprint density at radius 3 is 2.64 bits per heavy atom. The summed E-state index contributed by atoms with van der Waals surface area (Å²) in [7, 11) is 0. The molecular weight excluding hydrogens is 410 g/mol. The van der Waals surface area contributed by atoms with Crippen LogP contribution >= 0.6 is 0 Å². The third-order valence-electron chi connectivity index (χ3n) is 7.51. The van der Waals surface area contributed by atoms with Gasteiger partial charge in [-0.25, -0.2) is 4.98 Å². The van der Waals surface area contributed by atoms with Crippen LogP contribution < -0.4 is 4.90 Å². The molecule has 1 unspecified atom stereocenters. The van der Waals surface area contributed by atoms with E-state index in [1.54, 1.807) is 12.3 Å². The minimum Gasteiger partial charge on any atom is -0.352 e. The molecule has 4 fully saturated rings. The van der Waals surface area contributed by atoms with Crippen molar-refractivity contribution in [3.05, 3.63) is 47.9 Å². The summed E-state index contributed by atoms with van der Waals surface area (Å²) in [6, 6.07) is 8.69. The molecule has 168 valence electrons. The first-order valence-electron chi connectivity index (χ1n) is 12.3. The highest BCUT2D eigenvalue weighted by atomic mass is 16.2. The standard InChI is InChI=1S/C27H29N5O/c1-2-22-13-20(9-10-29-22)23-14-21(15-28)26(30-25(23)18-5-6-18)31-11-12-32(27(33)19-7-8-19)24(16-31)17-3-4-17/h2,9-10,13-14,17-19,24H,1,3-8,11-12,16H2. The predicted molar refractivity (Wildman–Crippen MR) is 127 cm³/mol. The minimum atomic E-state index is 0.250. The number of anilines is 1. The summed E-state index contributed by atoms with van der Waals surface area (Å²) >= 11 is 0. The van der Waals surface area contributed by atoms with Gasteiger partial charge in [-0.3, -0.25) is 9.78 Å². The van der Waals surface area contributed by atoms with E-state index in [2.05, 4.69) is 27.4 Å². The van der Waals surface area contributed by atoms with E-state index in [-0.39, 0.29) is 12.0 Å². The number of carbonyl (C=O) groups is 1. The molecule has 3 aliphatic carbocycles. The molecule has 1 amide bonds. The van der Waals surface area contributed by atoms with E-state index in [1.807, 2.05) is 18.2 Å². The quantitative estimate of drug-likeness (QED) is 0.668. The van der Waals surface area contributed by atoms with E-state index in [0.29, 0.717) is 23.3 Å². The molecule has 6 heteroatoms. The molecule has 4 aliphatic rings. The van der Waals surface area contributed by atoms with Gasteiger partial charge in [0.1, 0.15) is 11.9 Å². The topological polar surface area (TPSA) is 73.1 Å². The Balaban J connectivity index is 1.35. The normalized spacial score (nSPS) is 22.7. The van der Waals surface area contributed by atoms with Crippen molar-refractivity contribution >= 4 is 17.8 Å². The van der Waals surface area contributed by atoms with Crippen LogP contribution in [0.15, 0.2) is 31.0 Å². The lowest BCUT2D eigenvalue weighted by Crippen LogP contribution is -2.57. The summed E-state index contributed by atoms with van der Waals surface area (Å²) < 4.78 is 0. The first-order chi connectivity index (χ1) is 16.2. The lowest BCUT2D eigenvalue weighted by Gasteiger charge is -2.43. The molecule has 0 bridgehead atoms. The molecule has 0 aromatic carbocycles. The highest BCUT2D eigenvalue weighted by Gasteiger charge is 2.45. The zero-order valence-corrected chi connectivity index (χ0v) is 18.9. The lowest BCUT2D eigenvalue weighted by molar-refractivity contribution is -0.135. The van der Waals surface area contributed by atoms with Gasteiger partial charge in [0.25, 0.3) is 0 Å². The Hall–Kier alpha value is -3.20. The number of rotatable bonds is 6. The summed E-state index contributed by atoms with van der Waals surface area (Å²) in [6.07, 6.45) is 10.3. The summed E-state index contributed by atoms with van der Waals surface area (Å²) in [5, 5.41) is 10.1. The average molecular weight is 440 g/mol. The number of carbonyl (C=O) groups excluding carboxylic acids is 1. The predicted octanol–water partition coefficient (Wildman–Crippen LogP) is 4.37. The monoisotopic (exact) mass is 439 g/mol. The molecule has 0 N–H and O–H groups in total. The van der Waals surface area contributed by atoms with E-state index >= 15 is 0 Å². The second-order valence-electron chi connectivity index (χ2n) is 10.0. The summed E-state index contributed by atoms with van der Waals surface area (Å²) in [5.41, 5.74) is 4.59. The number of hydrogen-bond acceptors (Lipinski definition) is 5. The molecule has 3 saturated carbocycles. The maximum Gasteiger partial charge on any atom is 0.226 e. The van der Waals surface area contributed by atoms with Gasteiger partial charge in [-0.15, -0.1) is 0 Å². The van der Waals surface area contributed by atoms with Crippen molar-refractivity contribution in [1.82, 2.24) is 14.9 Å². The van der Waals surface area contributed by atoms with E-state index in [0.717, 1.165) is 73.7 Å². The van der Waals surface area contributed by atoms with Crippen molar-refractivity contribution in [2.75, 3.05) is 24.5 Å². The fourth-order valence-electron chi connectivity index (χ4n) is 5.19. The number of amides is 1. The first kappa shape index (κ1) is 20.4. The molecule has 3 heterocycles. The maximum absolute atomic E-state index is 12.9. The molecular formula is C27H29N5O. The third kappa shape index (κ3) is 3.90. The molecule has 33 heavy (non-hydrogen) atoms. The van der Waals surface area contributed by atoms with Gasteiger partial charge in [-0.2, -0.15) is 5.26 Å². The van der Waals surface area contributed by atoms with Crippen LogP contribution in [0.1, 0.15) is 61.4 Å². The molecule has 2 aromatic heterocycles. The van der Waals surface area contributed by atoms with Gasteiger partial charge in [0.15, 0.2) is 0 Å². The van der Waals surface area contributed by atoms with Crippen molar-refractivity contribution in [3.8, 4) is 17.2 Å². The molecule has 0 spiro atoms.